The van der Waals surface area contributed by atoms with Crippen molar-refractivity contribution in [3.63, 3.8) is 0 Å². The Balaban J connectivity index is 2.24. The van der Waals surface area contributed by atoms with Crippen LogP contribution in [0.1, 0.15) is 17.2 Å². The van der Waals surface area contributed by atoms with Gasteiger partial charge in [-0.1, -0.05) is 44.0 Å². The van der Waals surface area contributed by atoms with E-state index < -0.39 is 12.4 Å². The summed E-state index contributed by atoms with van der Waals surface area (Å²) in [5.41, 5.74) is 7.66. The van der Waals surface area contributed by atoms with Crippen molar-refractivity contribution >= 4 is 31.9 Å². The molecule has 112 valence electrons. The van der Waals surface area contributed by atoms with Crippen molar-refractivity contribution in [3.05, 3.63) is 62.5 Å². The Morgan fingerprint density at radius 3 is 2.19 bits per heavy atom. The Morgan fingerprint density at radius 2 is 1.62 bits per heavy atom. The van der Waals surface area contributed by atoms with Gasteiger partial charge in [-0.3, -0.25) is 0 Å². The van der Waals surface area contributed by atoms with Gasteiger partial charge in [0.05, 0.1) is 6.04 Å². The van der Waals surface area contributed by atoms with Gasteiger partial charge in [0.2, 0.25) is 0 Å². The molecule has 7 heteroatoms. The van der Waals surface area contributed by atoms with Crippen LogP contribution in [0.4, 0.5) is 13.2 Å². The maximum atomic E-state index is 12.1. The normalized spacial score (nSPS) is 13.0. The van der Waals surface area contributed by atoms with Crippen LogP contribution in [0.3, 0.4) is 0 Å². The highest BCUT2D eigenvalue weighted by molar-refractivity contribution is 9.11. The van der Waals surface area contributed by atoms with Crippen molar-refractivity contribution in [2.75, 3.05) is 0 Å². The van der Waals surface area contributed by atoms with E-state index in [1.807, 2.05) is 18.2 Å². The van der Waals surface area contributed by atoms with Crippen LogP contribution in [0.15, 0.2) is 51.4 Å². The summed E-state index contributed by atoms with van der Waals surface area (Å²) in [6.07, 6.45) is -4.70. The molecule has 0 bridgehead atoms. The maximum Gasteiger partial charge on any atom is 0.573 e. The average molecular weight is 425 g/mol. The van der Waals surface area contributed by atoms with E-state index in [9.17, 15) is 13.2 Å². The van der Waals surface area contributed by atoms with Crippen molar-refractivity contribution in [2.24, 2.45) is 5.73 Å². The standard InChI is InChI=1S/C14H10Br2F3NO/c15-9-3-6-12(16)11(7-9)13(20)8-1-4-10(5-2-8)21-14(17,18)19/h1-7,13H,20H2/t13-/m1/s1. The van der Waals surface area contributed by atoms with Crippen molar-refractivity contribution in [1.82, 2.24) is 0 Å². The lowest BCUT2D eigenvalue weighted by Crippen LogP contribution is -2.17. The Morgan fingerprint density at radius 1 is 1.00 bits per heavy atom. The fraction of sp³-hybridized carbons (Fsp3) is 0.143. The summed E-state index contributed by atoms with van der Waals surface area (Å²) in [7, 11) is 0. The molecule has 0 saturated carbocycles. The third-order valence-corrected chi connectivity index (χ3v) is 3.98. The molecule has 0 spiro atoms. The fourth-order valence-corrected chi connectivity index (χ4v) is 2.68. The van der Waals surface area contributed by atoms with Crippen LogP contribution < -0.4 is 10.5 Å². The topological polar surface area (TPSA) is 35.2 Å². The predicted octanol–water partition coefficient (Wildman–Crippen LogP) is 5.16. The van der Waals surface area contributed by atoms with E-state index in [1.54, 1.807) is 0 Å². The van der Waals surface area contributed by atoms with Crippen LogP contribution in [-0.2, 0) is 0 Å². The van der Waals surface area contributed by atoms with Gasteiger partial charge >= 0.3 is 6.36 Å². The van der Waals surface area contributed by atoms with E-state index >= 15 is 0 Å². The van der Waals surface area contributed by atoms with Gasteiger partial charge in [0.15, 0.2) is 0 Å². The minimum atomic E-state index is -4.70. The molecule has 2 aromatic rings. The monoisotopic (exact) mass is 423 g/mol. The SMILES string of the molecule is N[C@H](c1ccc(OC(F)(F)F)cc1)c1cc(Br)ccc1Br. The lowest BCUT2D eigenvalue weighted by molar-refractivity contribution is -0.274. The van der Waals surface area contributed by atoms with Gasteiger partial charge in [0, 0.05) is 8.95 Å². The molecule has 0 aliphatic heterocycles. The molecule has 2 rings (SSSR count). The molecule has 2 nitrogen and oxygen atoms in total. The summed E-state index contributed by atoms with van der Waals surface area (Å²) in [6.45, 7) is 0. The van der Waals surface area contributed by atoms with Crippen LogP contribution in [0.2, 0.25) is 0 Å². The first-order valence-corrected chi connectivity index (χ1v) is 7.41. The lowest BCUT2D eigenvalue weighted by Gasteiger charge is -2.16. The number of alkyl halides is 3. The zero-order chi connectivity index (χ0) is 15.6. The molecular formula is C14H10Br2F3NO. The molecule has 0 saturated heterocycles. The molecular weight excluding hydrogens is 415 g/mol. The Kier molecular flexibility index (Phi) is 4.95. The average Bonchev–Trinajstić information content (AvgIpc) is 2.40. The molecule has 0 aliphatic carbocycles. The summed E-state index contributed by atoms with van der Waals surface area (Å²) >= 11 is 6.77. The highest BCUT2D eigenvalue weighted by Crippen LogP contribution is 2.31. The summed E-state index contributed by atoms with van der Waals surface area (Å²) < 4.78 is 41.8. The first-order valence-electron chi connectivity index (χ1n) is 5.82. The second kappa shape index (κ2) is 6.37. The van der Waals surface area contributed by atoms with Crippen LogP contribution in [-0.4, -0.2) is 6.36 Å². The Hall–Kier alpha value is -1.05. The molecule has 2 N–H and O–H groups in total. The lowest BCUT2D eigenvalue weighted by atomic mass is 10.00. The van der Waals surface area contributed by atoms with Crippen molar-refractivity contribution in [1.29, 1.82) is 0 Å². The number of rotatable bonds is 3. The second-order valence-electron chi connectivity index (χ2n) is 4.26. The number of ether oxygens (including phenoxy) is 1. The van der Waals surface area contributed by atoms with E-state index in [2.05, 4.69) is 36.6 Å². The van der Waals surface area contributed by atoms with Gasteiger partial charge in [0.25, 0.3) is 0 Å². The molecule has 2 aromatic carbocycles. The van der Waals surface area contributed by atoms with Gasteiger partial charge in [-0.25, -0.2) is 0 Å². The molecule has 0 heterocycles. The number of hydrogen-bond donors (Lipinski definition) is 1. The Bertz CT molecular complexity index is 629. The molecule has 0 radical (unpaired) electrons. The van der Waals surface area contributed by atoms with Gasteiger partial charge in [-0.15, -0.1) is 13.2 Å². The number of nitrogens with two attached hydrogens (primary N) is 1. The van der Waals surface area contributed by atoms with Crippen LogP contribution >= 0.6 is 31.9 Å². The largest absolute Gasteiger partial charge is 0.573 e. The van der Waals surface area contributed by atoms with Gasteiger partial charge in [0.1, 0.15) is 5.75 Å². The van der Waals surface area contributed by atoms with Crippen molar-refractivity contribution in [2.45, 2.75) is 12.4 Å². The number of benzene rings is 2. The molecule has 0 aliphatic rings. The molecule has 0 aromatic heterocycles. The zero-order valence-corrected chi connectivity index (χ0v) is 13.7. The summed E-state index contributed by atoms with van der Waals surface area (Å²) in [4.78, 5) is 0. The predicted molar refractivity (Wildman–Crippen MR) is 81.0 cm³/mol. The fourth-order valence-electron chi connectivity index (χ4n) is 1.81. The van der Waals surface area contributed by atoms with Crippen molar-refractivity contribution < 1.29 is 17.9 Å². The van der Waals surface area contributed by atoms with Gasteiger partial charge in [-0.05, 0) is 41.5 Å². The van der Waals surface area contributed by atoms with Crippen LogP contribution in [0, 0.1) is 0 Å². The molecule has 0 fully saturated rings. The molecule has 21 heavy (non-hydrogen) atoms. The van der Waals surface area contributed by atoms with E-state index in [4.69, 9.17) is 5.73 Å². The minimum Gasteiger partial charge on any atom is -0.406 e. The van der Waals surface area contributed by atoms with Gasteiger partial charge in [-0.2, -0.15) is 0 Å². The number of halogens is 5. The molecule has 1 atom stereocenters. The van der Waals surface area contributed by atoms with E-state index in [0.717, 1.165) is 14.5 Å². The van der Waals surface area contributed by atoms with E-state index in [0.29, 0.717) is 5.56 Å². The van der Waals surface area contributed by atoms with Gasteiger partial charge < -0.3 is 10.5 Å². The maximum absolute atomic E-state index is 12.1. The second-order valence-corrected chi connectivity index (χ2v) is 6.03. The first-order chi connectivity index (χ1) is 9.76. The quantitative estimate of drug-likeness (QED) is 0.738. The number of hydrogen-bond acceptors (Lipinski definition) is 2. The third kappa shape index (κ3) is 4.46. The first kappa shape index (κ1) is 16.3. The van der Waals surface area contributed by atoms with Crippen LogP contribution in [0.25, 0.3) is 0 Å². The summed E-state index contributed by atoms with van der Waals surface area (Å²) in [5.74, 6) is -0.272. The van der Waals surface area contributed by atoms with E-state index in [1.165, 1.54) is 24.3 Å². The van der Waals surface area contributed by atoms with E-state index in [-0.39, 0.29) is 5.75 Å². The molecule has 0 unspecified atom stereocenters. The third-order valence-electron chi connectivity index (χ3n) is 2.77. The van der Waals surface area contributed by atoms with Crippen molar-refractivity contribution in [3.8, 4) is 5.75 Å². The minimum absolute atomic E-state index is 0.272. The zero-order valence-electron chi connectivity index (χ0n) is 10.5. The summed E-state index contributed by atoms with van der Waals surface area (Å²) in [5, 5.41) is 0. The summed E-state index contributed by atoms with van der Waals surface area (Å²) in [6, 6.07) is 10.6. The Labute approximate surface area is 136 Å². The van der Waals surface area contributed by atoms with Crippen LogP contribution in [0.5, 0.6) is 5.75 Å². The molecule has 0 amide bonds. The smallest absolute Gasteiger partial charge is 0.406 e. The highest BCUT2D eigenvalue weighted by atomic mass is 79.9. The highest BCUT2D eigenvalue weighted by Gasteiger charge is 2.31.